The van der Waals surface area contributed by atoms with E-state index in [0.29, 0.717) is 11.3 Å². The number of ether oxygens (including phenoxy) is 1. The summed E-state index contributed by atoms with van der Waals surface area (Å²) in [6.45, 7) is 4.28. The molecular weight excluding hydrogens is 310 g/mol. The predicted molar refractivity (Wildman–Crippen MR) is 102 cm³/mol. The lowest BCUT2D eigenvalue weighted by Gasteiger charge is -2.27. The van der Waals surface area contributed by atoms with Crippen LogP contribution in [0.3, 0.4) is 0 Å². The molecule has 0 atom stereocenters. The van der Waals surface area contributed by atoms with Gasteiger partial charge in [0.25, 0.3) is 5.91 Å². The Hall–Kier alpha value is -2.29. The molecule has 0 heterocycles. The van der Waals surface area contributed by atoms with Crippen molar-refractivity contribution in [1.82, 2.24) is 5.32 Å². The van der Waals surface area contributed by atoms with Crippen LogP contribution in [0.1, 0.15) is 48.5 Å². The highest BCUT2D eigenvalue weighted by atomic mass is 16.5. The monoisotopic (exact) mass is 337 g/mol. The number of carbonyl (C=O) groups excluding carboxylic acids is 1. The van der Waals surface area contributed by atoms with Crippen LogP contribution in [-0.2, 0) is 0 Å². The Bertz CT molecular complexity index is 731. The van der Waals surface area contributed by atoms with Gasteiger partial charge in [0.1, 0.15) is 5.75 Å². The molecule has 3 nitrogen and oxygen atoms in total. The minimum Gasteiger partial charge on any atom is -0.496 e. The molecule has 1 saturated carbocycles. The number of hydrogen-bond acceptors (Lipinski definition) is 2. The van der Waals surface area contributed by atoms with Crippen LogP contribution in [0, 0.1) is 12.8 Å². The van der Waals surface area contributed by atoms with Gasteiger partial charge >= 0.3 is 0 Å². The molecule has 1 aliphatic carbocycles. The van der Waals surface area contributed by atoms with Crippen LogP contribution in [0.2, 0.25) is 0 Å². The van der Waals surface area contributed by atoms with Gasteiger partial charge in [-0.1, -0.05) is 37.3 Å². The molecular formula is C22H27NO2. The molecule has 25 heavy (non-hydrogen) atoms. The number of nitrogens with one attached hydrogen (secondary N) is 1. The standard InChI is InChI=1S/C22H27NO2/c1-15-9-11-19(12-10-15)23-22(24)20-14-18(13-16(2)21(20)25-3)17-7-5-4-6-8-17/h4-8,13-15,19H,9-12H2,1-3H3,(H,23,24). The van der Waals surface area contributed by atoms with Crippen molar-refractivity contribution in [2.75, 3.05) is 7.11 Å². The highest BCUT2D eigenvalue weighted by Gasteiger charge is 2.23. The second-order valence-corrected chi connectivity index (χ2v) is 7.17. The first kappa shape index (κ1) is 17.5. The molecule has 1 amide bonds. The summed E-state index contributed by atoms with van der Waals surface area (Å²) in [4.78, 5) is 12.9. The zero-order chi connectivity index (χ0) is 17.8. The molecule has 1 N–H and O–H groups in total. The fourth-order valence-electron chi connectivity index (χ4n) is 3.68. The molecule has 0 aliphatic heterocycles. The van der Waals surface area contributed by atoms with Gasteiger partial charge in [0, 0.05) is 6.04 Å². The number of carbonyl (C=O) groups is 1. The summed E-state index contributed by atoms with van der Waals surface area (Å²) in [5.41, 5.74) is 3.75. The lowest BCUT2D eigenvalue weighted by Crippen LogP contribution is -2.37. The third kappa shape index (κ3) is 4.04. The predicted octanol–water partition coefficient (Wildman–Crippen LogP) is 4.98. The van der Waals surface area contributed by atoms with Crippen LogP contribution >= 0.6 is 0 Å². The lowest BCUT2D eigenvalue weighted by atomic mass is 9.87. The van der Waals surface area contributed by atoms with E-state index in [1.807, 2.05) is 31.2 Å². The van der Waals surface area contributed by atoms with Crippen LogP contribution in [0.5, 0.6) is 5.75 Å². The van der Waals surface area contributed by atoms with E-state index in [9.17, 15) is 4.79 Å². The van der Waals surface area contributed by atoms with Crippen LogP contribution in [0.25, 0.3) is 11.1 Å². The minimum absolute atomic E-state index is 0.0303. The van der Waals surface area contributed by atoms with Crippen molar-refractivity contribution in [2.24, 2.45) is 5.92 Å². The Morgan fingerprint density at radius 2 is 1.72 bits per heavy atom. The third-order valence-corrected chi connectivity index (χ3v) is 5.18. The van der Waals surface area contributed by atoms with Crippen LogP contribution in [0.15, 0.2) is 42.5 Å². The molecule has 0 saturated heterocycles. The molecule has 0 radical (unpaired) electrons. The maximum absolute atomic E-state index is 12.9. The summed E-state index contributed by atoms with van der Waals surface area (Å²) < 4.78 is 5.53. The van der Waals surface area contributed by atoms with Crippen molar-refractivity contribution in [3.63, 3.8) is 0 Å². The molecule has 132 valence electrons. The van der Waals surface area contributed by atoms with E-state index >= 15 is 0 Å². The van der Waals surface area contributed by atoms with E-state index in [4.69, 9.17) is 4.74 Å². The topological polar surface area (TPSA) is 38.3 Å². The van der Waals surface area contributed by atoms with E-state index in [1.54, 1.807) is 7.11 Å². The number of hydrogen-bond donors (Lipinski definition) is 1. The quantitative estimate of drug-likeness (QED) is 0.854. The summed E-state index contributed by atoms with van der Waals surface area (Å²) in [6, 6.07) is 14.4. The summed E-state index contributed by atoms with van der Waals surface area (Å²) in [6.07, 6.45) is 4.50. The van der Waals surface area contributed by atoms with Gasteiger partial charge in [-0.3, -0.25) is 4.79 Å². The van der Waals surface area contributed by atoms with E-state index in [2.05, 4.69) is 30.4 Å². The van der Waals surface area contributed by atoms with Crippen molar-refractivity contribution in [3.05, 3.63) is 53.6 Å². The SMILES string of the molecule is COc1c(C)cc(-c2ccccc2)cc1C(=O)NC1CCC(C)CC1. The van der Waals surface area contributed by atoms with Gasteiger partial charge in [-0.2, -0.15) is 0 Å². The first-order valence-electron chi connectivity index (χ1n) is 9.13. The third-order valence-electron chi connectivity index (χ3n) is 5.18. The van der Waals surface area contributed by atoms with Gasteiger partial charge in [-0.25, -0.2) is 0 Å². The molecule has 0 aromatic heterocycles. The van der Waals surface area contributed by atoms with E-state index in [1.165, 1.54) is 12.8 Å². The molecule has 3 rings (SSSR count). The maximum Gasteiger partial charge on any atom is 0.255 e. The van der Waals surface area contributed by atoms with E-state index < -0.39 is 0 Å². The molecule has 0 spiro atoms. The van der Waals surface area contributed by atoms with Gasteiger partial charge in [-0.05, 0) is 67.3 Å². The molecule has 3 heteroatoms. The number of methoxy groups -OCH3 is 1. The fourth-order valence-corrected chi connectivity index (χ4v) is 3.68. The average molecular weight is 337 g/mol. The number of aryl methyl sites for hydroxylation is 1. The minimum atomic E-state index is -0.0303. The van der Waals surface area contributed by atoms with Gasteiger partial charge in [0.2, 0.25) is 0 Å². The summed E-state index contributed by atoms with van der Waals surface area (Å²) in [5.74, 6) is 1.41. The zero-order valence-corrected chi connectivity index (χ0v) is 15.3. The Morgan fingerprint density at radius 3 is 2.36 bits per heavy atom. The summed E-state index contributed by atoms with van der Waals surface area (Å²) >= 11 is 0. The molecule has 2 aromatic rings. The molecule has 1 aliphatic rings. The van der Waals surface area contributed by atoms with Crippen molar-refractivity contribution in [3.8, 4) is 16.9 Å². The van der Waals surface area contributed by atoms with E-state index in [-0.39, 0.29) is 11.9 Å². The second-order valence-electron chi connectivity index (χ2n) is 7.17. The number of amides is 1. The van der Waals surface area contributed by atoms with Gasteiger partial charge in [0.15, 0.2) is 0 Å². The Kier molecular flexibility index (Phi) is 5.42. The van der Waals surface area contributed by atoms with Crippen molar-refractivity contribution < 1.29 is 9.53 Å². The van der Waals surface area contributed by atoms with Crippen LogP contribution in [0.4, 0.5) is 0 Å². The van der Waals surface area contributed by atoms with Gasteiger partial charge in [0.05, 0.1) is 12.7 Å². The van der Waals surface area contributed by atoms with Crippen molar-refractivity contribution in [1.29, 1.82) is 0 Å². The van der Waals surface area contributed by atoms with Crippen molar-refractivity contribution >= 4 is 5.91 Å². The second kappa shape index (κ2) is 7.73. The smallest absolute Gasteiger partial charge is 0.255 e. The summed E-state index contributed by atoms with van der Waals surface area (Å²) in [7, 11) is 1.63. The normalized spacial score (nSPS) is 20.1. The number of benzene rings is 2. The van der Waals surface area contributed by atoms with Gasteiger partial charge < -0.3 is 10.1 Å². The molecule has 1 fully saturated rings. The van der Waals surface area contributed by atoms with Crippen LogP contribution in [-0.4, -0.2) is 19.1 Å². The Balaban J connectivity index is 1.88. The maximum atomic E-state index is 12.9. The Morgan fingerprint density at radius 1 is 1.04 bits per heavy atom. The lowest BCUT2D eigenvalue weighted by molar-refractivity contribution is 0.0920. The molecule has 2 aromatic carbocycles. The largest absolute Gasteiger partial charge is 0.496 e. The average Bonchev–Trinajstić information content (AvgIpc) is 2.63. The fraction of sp³-hybridized carbons (Fsp3) is 0.409. The van der Waals surface area contributed by atoms with E-state index in [0.717, 1.165) is 35.4 Å². The van der Waals surface area contributed by atoms with Crippen molar-refractivity contribution in [2.45, 2.75) is 45.6 Å². The summed E-state index contributed by atoms with van der Waals surface area (Å²) in [5, 5.41) is 3.22. The van der Waals surface area contributed by atoms with Gasteiger partial charge in [-0.15, -0.1) is 0 Å². The highest BCUT2D eigenvalue weighted by Crippen LogP contribution is 2.31. The Labute approximate surface area is 150 Å². The zero-order valence-electron chi connectivity index (χ0n) is 15.3. The number of rotatable bonds is 4. The molecule has 0 bridgehead atoms. The molecule has 0 unspecified atom stereocenters. The highest BCUT2D eigenvalue weighted by molar-refractivity contribution is 5.99. The first-order valence-corrected chi connectivity index (χ1v) is 9.13. The van der Waals surface area contributed by atoms with Crippen LogP contribution < -0.4 is 10.1 Å². The first-order chi connectivity index (χ1) is 12.1.